The molecule has 134 valence electrons. The van der Waals surface area contributed by atoms with E-state index >= 15 is 0 Å². The van der Waals surface area contributed by atoms with Crippen LogP contribution >= 0.6 is 0 Å². The summed E-state index contributed by atoms with van der Waals surface area (Å²) in [7, 11) is 0. The maximum absolute atomic E-state index is 12.2. The van der Waals surface area contributed by atoms with Crippen LogP contribution in [0.1, 0.15) is 31.8 Å². The highest BCUT2D eigenvalue weighted by molar-refractivity contribution is 5.92. The number of esters is 2. The number of carbonyl (C=O) groups is 2. The van der Waals surface area contributed by atoms with E-state index in [1.54, 1.807) is 60.7 Å². The van der Waals surface area contributed by atoms with Crippen molar-refractivity contribution in [3.8, 4) is 23.6 Å². The van der Waals surface area contributed by atoms with Crippen molar-refractivity contribution in [3.63, 3.8) is 0 Å². The first-order valence-electron chi connectivity index (χ1n) is 8.15. The zero-order valence-electron chi connectivity index (χ0n) is 14.5. The number of hydrogen-bond donors (Lipinski definition) is 0. The van der Waals surface area contributed by atoms with Crippen LogP contribution in [0.2, 0.25) is 0 Å². The van der Waals surface area contributed by atoms with Gasteiger partial charge in [-0.25, -0.2) is 9.59 Å². The van der Waals surface area contributed by atoms with E-state index < -0.39 is 11.9 Å². The Labute approximate surface area is 160 Å². The van der Waals surface area contributed by atoms with Gasteiger partial charge in [-0.3, -0.25) is 0 Å². The number of ether oxygens (including phenoxy) is 2. The number of nitriles is 2. The number of nitrogens with zero attached hydrogens (tertiary/aromatic N) is 2. The molecule has 0 spiro atoms. The van der Waals surface area contributed by atoms with Crippen molar-refractivity contribution >= 4 is 11.9 Å². The maximum atomic E-state index is 12.2. The summed E-state index contributed by atoms with van der Waals surface area (Å²) in [5, 5.41) is 18.9. The fourth-order valence-corrected chi connectivity index (χ4v) is 2.42. The Morgan fingerprint density at radius 2 is 0.964 bits per heavy atom. The van der Waals surface area contributed by atoms with E-state index in [9.17, 15) is 20.1 Å². The minimum Gasteiger partial charge on any atom is -0.421 e. The zero-order chi connectivity index (χ0) is 19.9. The highest BCUT2D eigenvalue weighted by atomic mass is 16.5. The molecule has 6 heteroatoms. The molecule has 0 fully saturated rings. The Bertz CT molecular complexity index is 1020. The molecule has 0 heterocycles. The van der Waals surface area contributed by atoms with Crippen LogP contribution in [0.3, 0.4) is 0 Å². The molecule has 0 amide bonds. The maximum Gasteiger partial charge on any atom is 0.343 e. The van der Waals surface area contributed by atoms with Crippen molar-refractivity contribution in [2.75, 3.05) is 0 Å². The lowest BCUT2D eigenvalue weighted by atomic mass is 10.1. The minimum atomic E-state index is -0.671. The molecule has 3 aromatic carbocycles. The monoisotopic (exact) mass is 368 g/mol. The largest absolute Gasteiger partial charge is 0.421 e. The van der Waals surface area contributed by atoms with E-state index in [0.717, 1.165) is 0 Å². The number of rotatable bonds is 4. The van der Waals surface area contributed by atoms with Gasteiger partial charge in [0.2, 0.25) is 0 Å². The molecule has 3 aromatic rings. The Morgan fingerprint density at radius 1 is 0.607 bits per heavy atom. The quantitative estimate of drug-likeness (QED) is 0.512. The third-order valence-corrected chi connectivity index (χ3v) is 3.78. The molecule has 0 N–H and O–H groups in total. The topological polar surface area (TPSA) is 100 Å². The van der Waals surface area contributed by atoms with Crippen LogP contribution in [-0.2, 0) is 0 Å². The lowest BCUT2D eigenvalue weighted by Crippen LogP contribution is -2.12. The predicted molar refractivity (Wildman–Crippen MR) is 98.7 cm³/mol. The van der Waals surface area contributed by atoms with Gasteiger partial charge in [0, 0.05) is 0 Å². The number of hydrogen-bond acceptors (Lipinski definition) is 6. The Hall–Kier alpha value is -4.42. The molecule has 0 atom stereocenters. The van der Waals surface area contributed by atoms with Crippen LogP contribution in [0.4, 0.5) is 0 Å². The van der Waals surface area contributed by atoms with Crippen LogP contribution in [0.25, 0.3) is 0 Å². The second kappa shape index (κ2) is 8.31. The zero-order valence-corrected chi connectivity index (χ0v) is 14.5. The SMILES string of the molecule is N#Cc1c(OC(=O)c2ccccc2)ccc(OC(=O)c2ccccc2)c1C#N. The van der Waals surface area contributed by atoms with Crippen LogP contribution in [0.15, 0.2) is 72.8 Å². The van der Waals surface area contributed by atoms with Crippen LogP contribution in [0, 0.1) is 22.7 Å². The molecular formula is C22H12N2O4. The second-order valence-electron chi connectivity index (χ2n) is 5.55. The van der Waals surface area contributed by atoms with Crippen molar-refractivity contribution in [1.29, 1.82) is 10.5 Å². The standard InChI is InChI=1S/C22H12N2O4/c23-13-17-18(14-24)20(28-22(26)16-9-5-2-6-10-16)12-11-19(17)27-21(25)15-7-3-1-4-8-15/h1-12H. The van der Waals surface area contributed by atoms with Gasteiger partial charge >= 0.3 is 11.9 Å². The van der Waals surface area contributed by atoms with Gasteiger partial charge in [0.25, 0.3) is 0 Å². The molecule has 3 rings (SSSR count). The predicted octanol–water partition coefficient (Wildman–Crippen LogP) is 3.87. The number of carbonyl (C=O) groups excluding carboxylic acids is 2. The first-order chi connectivity index (χ1) is 13.6. The van der Waals surface area contributed by atoms with Gasteiger partial charge in [-0.2, -0.15) is 10.5 Å². The highest BCUT2D eigenvalue weighted by Gasteiger charge is 2.20. The van der Waals surface area contributed by atoms with Gasteiger partial charge in [0.1, 0.15) is 23.3 Å². The van der Waals surface area contributed by atoms with E-state index in [1.807, 2.05) is 12.1 Å². The fourth-order valence-electron chi connectivity index (χ4n) is 2.42. The third-order valence-electron chi connectivity index (χ3n) is 3.78. The van der Waals surface area contributed by atoms with Crippen molar-refractivity contribution in [2.45, 2.75) is 0 Å². The Kier molecular flexibility index (Phi) is 5.45. The highest BCUT2D eigenvalue weighted by Crippen LogP contribution is 2.30. The van der Waals surface area contributed by atoms with Gasteiger partial charge in [0.05, 0.1) is 11.1 Å². The average molecular weight is 368 g/mol. The average Bonchev–Trinajstić information content (AvgIpc) is 2.75. The fraction of sp³-hybridized carbons (Fsp3) is 0. The van der Waals surface area contributed by atoms with Crippen LogP contribution in [0.5, 0.6) is 11.5 Å². The van der Waals surface area contributed by atoms with E-state index in [2.05, 4.69) is 0 Å². The molecule has 0 aromatic heterocycles. The molecule has 0 saturated heterocycles. The van der Waals surface area contributed by atoms with E-state index in [-0.39, 0.29) is 22.6 Å². The van der Waals surface area contributed by atoms with Gasteiger partial charge in [-0.05, 0) is 36.4 Å². The normalized spacial score (nSPS) is 9.64. The summed E-state index contributed by atoms with van der Waals surface area (Å²) in [4.78, 5) is 24.5. The number of benzene rings is 3. The summed E-state index contributed by atoms with van der Waals surface area (Å²) in [6.45, 7) is 0. The third kappa shape index (κ3) is 3.87. The summed E-state index contributed by atoms with van der Waals surface area (Å²) >= 11 is 0. The summed E-state index contributed by atoms with van der Waals surface area (Å²) in [5.74, 6) is -1.52. The first kappa shape index (κ1) is 18.4. The molecule has 28 heavy (non-hydrogen) atoms. The molecule has 0 aliphatic heterocycles. The van der Waals surface area contributed by atoms with Gasteiger partial charge < -0.3 is 9.47 Å². The lowest BCUT2D eigenvalue weighted by Gasteiger charge is -2.11. The molecule has 0 unspecified atom stereocenters. The van der Waals surface area contributed by atoms with Crippen molar-refractivity contribution in [2.24, 2.45) is 0 Å². The van der Waals surface area contributed by atoms with Crippen LogP contribution < -0.4 is 9.47 Å². The summed E-state index contributed by atoms with van der Waals surface area (Å²) in [6, 6.07) is 22.8. The Morgan fingerprint density at radius 3 is 1.29 bits per heavy atom. The summed E-state index contributed by atoms with van der Waals surface area (Å²) in [6.07, 6.45) is 0. The molecule has 0 radical (unpaired) electrons. The minimum absolute atomic E-state index is 0.0904. The van der Waals surface area contributed by atoms with E-state index in [0.29, 0.717) is 11.1 Å². The molecule has 0 bridgehead atoms. The summed E-state index contributed by atoms with van der Waals surface area (Å²) < 4.78 is 10.5. The van der Waals surface area contributed by atoms with Crippen molar-refractivity contribution in [1.82, 2.24) is 0 Å². The van der Waals surface area contributed by atoms with Gasteiger partial charge in [-0.15, -0.1) is 0 Å². The first-order valence-corrected chi connectivity index (χ1v) is 8.15. The molecule has 0 saturated carbocycles. The van der Waals surface area contributed by atoms with Crippen LogP contribution in [-0.4, -0.2) is 11.9 Å². The molecule has 0 aliphatic rings. The van der Waals surface area contributed by atoms with Crippen molar-refractivity contribution < 1.29 is 19.1 Å². The van der Waals surface area contributed by atoms with Crippen molar-refractivity contribution in [3.05, 3.63) is 95.1 Å². The smallest absolute Gasteiger partial charge is 0.343 e. The van der Waals surface area contributed by atoms with E-state index in [4.69, 9.17) is 9.47 Å². The summed E-state index contributed by atoms with van der Waals surface area (Å²) in [5.41, 5.74) is 0.212. The van der Waals surface area contributed by atoms with E-state index in [1.165, 1.54) is 12.1 Å². The van der Waals surface area contributed by atoms with Gasteiger partial charge in [-0.1, -0.05) is 36.4 Å². The second-order valence-corrected chi connectivity index (χ2v) is 5.55. The lowest BCUT2D eigenvalue weighted by molar-refractivity contribution is 0.0718. The Balaban J connectivity index is 1.91. The molecule has 0 aliphatic carbocycles. The van der Waals surface area contributed by atoms with Gasteiger partial charge in [0.15, 0.2) is 11.5 Å². The molecule has 6 nitrogen and oxygen atoms in total. The molecular weight excluding hydrogens is 356 g/mol.